The van der Waals surface area contributed by atoms with Crippen molar-refractivity contribution in [2.24, 2.45) is 5.73 Å². The molecule has 5 nitrogen and oxygen atoms in total. The Labute approximate surface area is 111 Å². The van der Waals surface area contributed by atoms with Gasteiger partial charge in [-0.2, -0.15) is 0 Å². The Hall–Kier alpha value is -2.01. The summed E-state index contributed by atoms with van der Waals surface area (Å²) < 4.78 is 7.29. The third-order valence-electron chi connectivity index (χ3n) is 3.60. The minimum Gasteiger partial charge on any atom is -0.497 e. The number of nitrogens with zero attached hydrogens (tertiary/aromatic N) is 1. The number of methoxy groups -OCH3 is 1. The molecule has 1 amide bonds. The first-order chi connectivity index (χ1) is 9.26. The largest absolute Gasteiger partial charge is 0.497 e. The van der Waals surface area contributed by atoms with Gasteiger partial charge in [0, 0.05) is 30.5 Å². The Morgan fingerprint density at radius 1 is 1.47 bits per heavy atom. The monoisotopic (exact) mass is 259 g/mol. The maximum Gasteiger partial charge on any atom is 0.268 e. The second-order valence-corrected chi connectivity index (χ2v) is 4.66. The number of nitrogens with two attached hydrogens (primary N) is 1. The number of hydrogen-bond donors (Lipinski definition) is 2. The van der Waals surface area contributed by atoms with E-state index in [0.29, 0.717) is 19.6 Å². The van der Waals surface area contributed by atoms with Crippen molar-refractivity contribution in [2.45, 2.75) is 13.0 Å². The van der Waals surface area contributed by atoms with Crippen LogP contribution in [0.3, 0.4) is 0 Å². The fraction of sp³-hybridized carbons (Fsp3) is 0.357. The SMILES string of the molecule is COc1ccc2c(c1)c1c(n2CCN)C(=O)NCC1. The van der Waals surface area contributed by atoms with Crippen LogP contribution in [0.15, 0.2) is 18.2 Å². The molecule has 0 bridgehead atoms. The molecule has 0 saturated heterocycles. The van der Waals surface area contributed by atoms with Crippen molar-refractivity contribution in [3.8, 4) is 5.75 Å². The molecule has 1 aliphatic rings. The van der Waals surface area contributed by atoms with Gasteiger partial charge in [-0.1, -0.05) is 0 Å². The average Bonchev–Trinajstić information content (AvgIpc) is 2.75. The third-order valence-corrected chi connectivity index (χ3v) is 3.60. The normalized spacial score (nSPS) is 14.3. The molecule has 3 N–H and O–H groups in total. The van der Waals surface area contributed by atoms with E-state index in [-0.39, 0.29) is 5.91 Å². The highest BCUT2D eigenvalue weighted by atomic mass is 16.5. The zero-order valence-corrected chi connectivity index (χ0v) is 10.9. The summed E-state index contributed by atoms with van der Waals surface area (Å²) in [5.41, 5.74) is 8.57. The topological polar surface area (TPSA) is 69.3 Å². The van der Waals surface area contributed by atoms with Gasteiger partial charge in [0.15, 0.2) is 0 Å². The van der Waals surface area contributed by atoms with Gasteiger partial charge in [-0.15, -0.1) is 0 Å². The fourth-order valence-electron chi connectivity index (χ4n) is 2.79. The van der Waals surface area contributed by atoms with E-state index in [0.717, 1.165) is 34.3 Å². The lowest BCUT2D eigenvalue weighted by molar-refractivity contribution is 0.0937. The molecule has 0 atom stereocenters. The molecular formula is C14H17N3O2. The Kier molecular flexibility index (Phi) is 2.91. The van der Waals surface area contributed by atoms with Crippen LogP contribution >= 0.6 is 0 Å². The van der Waals surface area contributed by atoms with Gasteiger partial charge in [0.2, 0.25) is 0 Å². The molecule has 0 unspecified atom stereocenters. The highest BCUT2D eigenvalue weighted by Gasteiger charge is 2.25. The lowest BCUT2D eigenvalue weighted by atomic mass is 10.0. The zero-order valence-electron chi connectivity index (χ0n) is 10.9. The van der Waals surface area contributed by atoms with Crippen LogP contribution in [-0.2, 0) is 13.0 Å². The standard InChI is InChI=1S/C14H17N3O2/c1-19-9-2-3-12-11(8-9)10-4-6-16-14(18)13(10)17(12)7-5-15/h2-3,8H,4-7,15H2,1H3,(H,16,18). The molecule has 2 heterocycles. The summed E-state index contributed by atoms with van der Waals surface area (Å²) in [5, 5.41) is 3.99. The number of ether oxygens (including phenoxy) is 1. The van der Waals surface area contributed by atoms with Gasteiger partial charge in [0.05, 0.1) is 7.11 Å². The minimum absolute atomic E-state index is 0.00938. The summed E-state index contributed by atoms with van der Waals surface area (Å²) >= 11 is 0. The van der Waals surface area contributed by atoms with Crippen molar-refractivity contribution in [3.05, 3.63) is 29.5 Å². The predicted molar refractivity (Wildman–Crippen MR) is 73.6 cm³/mol. The van der Waals surface area contributed by atoms with Crippen molar-refractivity contribution in [3.63, 3.8) is 0 Å². The molecule has 1 aromatic carbocycles. The summed E-state index contributed by atoms with van der Waals surface area (Å²) in [5.74, 6) is 0.802. The van der Waals surface area contributed by atoms with E-state index in [1.807, 2.05) is 22.8 Å². The predicted octanol–water partition coefficient (Wildman–Crippen LogP) is 0.895. The molecular weight excluding hydrogens is 242 g/mol. The number of nitrogens with one attached hydrogen (secondary N) is 1. The molecule has 19 heavy (non-hydrogen) atoms. The molecule has 5 heteroatoms. The van der Waals surface area contributed by atoms with E-state index >= 15 is 0 Å². The fourth-order valence-corrected chi connectivity index (χ4v) is 2.79. The Morgan fingerprint density at radius 3 is 3.05 bits per heavy atom. The third kappa shape index (κ3) is 1.77. The van der Waals surface area contributed by atoms with Gasteiger partial charge < -0.3 is 20.4 Å². The molecule has 3 rings (SSSR count). The number of benzene rings is 1. The van der Waals surface area contributed by atoms with Gasteiger partial charge in [-0.3, -0.25) is 4.79 Å². The molecule has 0 fully saturated rings. The lowest BCUT2D eigenvalue weighted by Crippen LogP contribution is -2.33. The number of carbonyl (C=O) groups is 1. The Balaban J connectivity index is 2.31. The summed E-state index contributed by atoms with van der Waals surface area (Å²) in [7, 11) is 1.65. The minimum atomic E-state index is -0.00938. The molecule has 0 radical (unpaired) electrons. The van der Waals surface area contributed by atoms with Crippen molar-refractivity contribution in [1.29, 1.82) is 0 Å². The number of fused-ring (bicyclic) bond motifs is 3. The van der Waals surface area contributed by atoms with Crippen LogP contribution in [0.2, 0.25) is 0 Å². The first-order valence-electron chi connectivity index (χ1n) is 6.43. The highest BCUT2D eigenvalue weighted by Crippen LogP contribution is 2.31. The van der Waals surface area contributed by atoms with E-state index in [1.165, 1.54) is 0 Å². The highest BCUT2D eigenvalue weighted by molar-refractivity contribution is 6.03. The van der Waals surface area contributed by atoms with Gasteiger partial charge in [0.1, 0.15) is 11.4 Å². The summed E-state index contributed by atoms with van der Waals surface area (Å²) in [6, 6.07) is 5.91. The lowest BCUT2D eigenvalue weighted by Gasteiger charge is -2.15. The molecule has 0 spiro atoms. The second-order valence-electron chi connectivity index (χ2n) is 4.66. The molecule has 2 aromatic rings. The number of aromatic nitrogens is 1. The molecule has 1 aliphatic heterocycles. The maximum atomic E-state index is 12.1. The van der Waals surface area contributed by atoms with Crippen LogP contribution in [-0.4, -0.2) is 30.7 Å². The second kappa shape index (κ2) is 4.59. The van der Waals surface area contributed by atoms with Crippen LogP contribution in [0.25, 0.3) is 10.9 Å². The first kappa shape index (κ1) is 12.0. The first-order valence-corrected chi connectivity index (χ1v) is 6.43. The summed E-state index contributed by atoms with van der Waals surface area (Å²) in [4.78, 5) is 12.1. The molecule has 0 saturated carbocycles. The van der Waals surface area contributed by atoms with Crippen LogP contribution in [0.4, 0.5) is 0 Å². The number of rotatable bonds is 3. The Bertz CT molecular complexity index is 646. The number of hydrogen-bond acceptors (Lipinski definition) is 3. The van der Waals surface area contributed by atoms with Crippen molar-refractivity contribution < 1.29 is 9.53 Å². The van der Waals surface area contributed by atoms with Gasteiger partial charge in [0.25, 0.3) is 5.91 Å². The van der Waals surface area contributed by atoms with Crippen LogP contribution in [0, 0.1) is 0 Å². The number of amides is 1. The number of carbonyl (C=O) groups excluding carboxylic acids is 1. The molecule has 100 valence electrons. The van der Waals surface area contributed by atoms with E-state index in [1.54, 1.807) is 7.11 Å². The van der Waals surface area contributed by atoms with Crippen molar-refractivity contribution in [2.75, 3.05) is 20.2 Å². The van der Waals surface area contributed by atoms with Crippen molar-refractivity contribution >= 4 is 16.8 Å². The summed E-state index contributed by atoms with van der Waals surface area (Å²) in [6.45, 7) is 1.84. The van der Waals surface area contributed by atoms with E-state index in [2.05, 4.69) is 5.32 Å². The van der Waals surface area contributed by atoms with Gasteiger partial charge in [-0.05, 0) is 30.2 Å². The van der Waals surface area contributed by atoms with Crippen LogP contribution in [0.5, 0.6) is 5.75 Å². The summed E-state index contributed by atoms with van der Waals surface area (Å²) in [6.07, 6.45) is 0.850. The van der Waals surface area contributed by atoms with E-state index in [4.69, 9.17) is 10.5 Å². The smallest absolute Gasteiger partial charge is 0.268 e. The van der Waals surface area contributed by atoms with E-state index < -0.39 is 0 Å². The Morgan fingerprint density at radius 2 is 2.32 bits per heavy atom. The average molecular weight is 259 g/mol. The van der Waals surface area contributed by atoms with Gasteiger partial charge in [-0.25, -0.2) is 0 Å². The van der Waals surface area contributed by atoms with E-state index in [9.17, 15) is 4.79 Å². The molecule has 0 aliphatic carbocycles. The zero-order chi connectivity index (χ0) is 13.4. The quantitative estimate of drug-likeness (QED) is 0.860. The maximum absolute atomic E-state index is 12.1. The van der Waals surface area contributed by atoms with Crippen LogP contribution < -0.4 is 15.8 Å². The van der Waals surface area contributed by atoms with Crippen LogP contribution in [0.1, 0.15) is 16.1 Å². The molecule has 1 aromatic heterocycles. The van der Waals surface area contributed by atoms with Crippen molar-refractivity contribution in [1.82, 2.24) is 9.88 Å². The van der Waals surface area contributed by atoms with Gasteiger partial charge >= 0.3 is 0 Å².